The lowest BCUT2D eigenvalue weighted by Crippen LogP contribution is -2.47. The molecule has 2 aliphatic heterocycles. The number of piperidine rings is 1. The van der Waals surface area contributed by atoms with Crippen molar-refractivity contribution in [1.82, 2.24) is 20.7 Å². The lowest BCUT2D eigenvalue weighted by atomic mass is 10.0. The number of aromatic nitrogens is 1. The maximum atomic E-state index is 12.8. The number of halogens is 3. The third-order valence-corrected chi connectivity index (χ3v) is 6.74. The standard InChI is InChI=1S/C24H30F3N5O3/c1-15-22(16(2)35-30-15)31-10-7-20(8-11-31)32-9-6-19(14-32)29-21(33)13-28-23(34)17-4-3-5-18(12-17)24(25,26)27/h3-5,12,19-20H,6-11,13-14H2,1-2H3,(H,28,34)(H,29,33)/t19-/m1/s1. The van der Waals surface area contributed by atoms with Gasteiger partial charge >= 0.3 is 6.18 Å². The van der Waals surface area contributed by atoms with E-state index < -0.39 is 17.6 Å². The van der Waals surface area contributed by atoms with Crippen molar-refractivity contribution in [2.24, 2.45) is 0 Å². The third-order valence-electron chi connectivity index (χ3n) is 6.74. The fraction of sp³-hybridized carbons (Fsp3) is 0.542. The lowest BCUT2D eigenvalue weighted by Gasteiger charge is -2.37. The van der Waals surface area contributed by atoms with Crippen LogP contribution in [0.25, 0.3) is 0 Å². The van der Waals surface area contributed by atoms with Crippen molar-refractivity contribution in [2.75, 3.05) is 37.6 Å². The number of rotatable bonds is 6. The summed E-state index contributed by atoms with van der Waals surface area (Å²) < 4.78 is 43.8. The van der Waals surface area contributed by atoms with Crippen molar-refractivity contribution >= 4 is 17.5 Å². The summed E-state index contributed by atoms with van der Waals surface area (Å²) in [5.74, 6) is -0.236. The van der Waals surface area contributed by atoms with E-state index in [1.807, 2.05) is 13.8 Å². The predicted molar refractivity (Wildman–Crippen MR) is 123 cm³/mol. The van der Waals surface area contributed by atoms with Crippen LogP contribution in [-0.2, 0) is 11.0 Å². The fourth-order valence-corrected chi connectivity index (χ4v) is 5.00. The molecule has 11 heteroatoms. The largest absolute Gasteiger partial charge is 0.416 e. The molecule has 2 saturated heterocycles. The molecule has 1 aromatic carbocycles. The van der Waals surface area contributed by atoms with E-state index in [1.165, 1.54) is 12.1 Å². The number of nitrogens with one attached hydrogen (secondary N) is 2. The molecule has 190 valence electrons. The molecule has 2 amide bonds. The molecule has 0 spiro atoms. The van der Waals surface area contributed by atoms with Gasteiger partial charge in [0.25, 0.3) is 5.91 Å². The van der Waals surface area contributed by atoms with E-state index in [4.69, 9.17) is 4.52 Å². The zero-order chi connectivity index (χ0) is 25.2. The van der Waals surface area contributed by atoms with Crippen molar-refractivity contribution in [3.8, 4) is 0 Å². The summed E-state index contributed by atoms with van der Waals surface area (Å²) in [6, 6.07) is 4.55. The molecular formula is C24H30F3N5O3. The zero-order valence-electron chi connectivity index (χ0n) is 19.8. The Kier molecular flexibility index (Phi) is 7.34. The van der Waals surface area contributed by atoms with Gasteiger partial charge in [0.1, 0.15) is 11.4 Å². The van der Waals surface area contributed by atoms with Crippen LogP contribution in [0.15, 0.2) is 28.8 Å². The Labute approximate surface area is 201 Å². The second kappa shape index (κ2) is 10.3. The fourth-order valence-electron chi connectivity index (χ4n) is 5.00. The first-order valence-electron chi connectivity index (χ1n) is 11.8. The van der Waals surface area contributed by atoms with Gasteiger partial charge in [-0.25, -0.2) is 0 Å². The Morgan fingerprint density at radius 1 is 1.14 bits per heavy atom. The number of hydrogen-bond acceptors (Lipinski definition) is 6. The molecular weight excluding hydrogens is 463 g/mol. The summed E-state index contributed by atoms with van der Waals surface area (Å²) >= 11 is 0. The Morgan fingerprint density at radius 2 is 1.89 bits per heavy atom. The van der Waals surface area contributed by atoms with Gasteiger partial charge in [-0.1, -0.05) is 11.2 Å². The van der Waals surface area contributed by atoms with E-state index in [0.717, 1.165) is 74.7 Å². The quantitative estimate of drug-likeness (QED) is 0.643. The zero-order valence-corrected chi connectivity index (χ0v) is 19.8. The Morgan fingerprint density at radius 3 is 2.54 bits per heavy atom. The van der Waals surface area contributed by atoms with Crippen LogP contribution >= 0.6 is 0 Å². The van der Waals surface area contributed by atoms with Gasteiger partial charge in [0.2, 0.25) is 5.91 Å². The number of aryl methyl sites for hydroxylation is 2. The molecule has 0 unspecified atom stereocenters. The minimum Gasteiger partial charge on any atom is -0.367 e. The number of carbonyl (C=O) groups excluding carboxylic acids is 2. The van der Waals surface area contributed by atoms with Crippen LogP contribution in [0, 0.1) is 13.8 Å². The molecule has 8 nitrogen and oxygen atoms in total. The summed E-state index contributed by atoms with van der Waals surface area (Å²) in [5.41, 5.74) is 0.952. The van der Waals surface area contributed by atoms with Gasteiger partial charge in [0, 0.05) is 43.8 Å². The van der Waals surface area contributed by atoms with E-state index >= 15 is 0 Å². The first-order chi connectivity index (χ1) is 16.6. The number of carbonyl (C=O) groups is 2. The van der Waals surface area contributed by atoms with Crippen LogP contribution in [0.4, 0.5) is 18.9 Å². The Bertz CT molecular complexity index is 1040. The van der Waals surface area contributed by atoms with Crippen molar-refractivity contribution in [3.63, 3.8) is 0 Å². The number of anilines is 1. The molecule has 2 aliphatic rings. The molecule has 2 aromatic rings. The third kappa shape index (κ3) is 5.95. The molecule has 4 rings (SSSR count). The predicted octanol–water partition coefficient (Wildman–Crippen LogP) is 2.90. The van der Waals surface area contributed by atoms with Gasteiger partial charge < -0.3 is 20.1 Å². The van der Waals surface area contributed by atoms with Crippen LogP contribution < -0.4 is 15.5 Å². The molecule has 1 atom stereocenters. The molecule has 2 N–H and O–H groups in total. The first kappa shape index (κ1) is 25.0. The lowest BCUT2D eigenvalue weighted by molar-refractivity contribution is -0.137. The minimum atomic E-state index is -4.53. The highest BCUT2D eigenvalue weighted by Gasteiger charge is 2.33. The average Bonchev–Trinajstić information content (AvgIpc) is 3.43. The van der Waals surface area contributed by atoms with Crippen molar-refractivity contribution in [2.45, 2.75) is 51.4 Å². The van der Waals surface area contributed by atoms with Crippen LogP contribution in [0.5, 0.6) is 0 Å². The number of likely N-dealkylation sites (tertiary alicyclic amines) is 1. The highest BCUT2D eigenvalue weighted by molar-refractivity contribution is 5.96. The summed E-state index contributed by atoms with van der Waals surface area (Å²) in [7, 11) is 0. The Hall–Kier alpha value is -3.08. The van der Waals surface area contributed by atoms with E-state index in [2.05, 4.69) is 25.6 Å². The molecule has 0 bridgehead atoms. The van der Waals surface area contributed by atoms with Crippen LogP contribution in [0.1, 0.15) is 46.6 Å². The van der Waals surface area contributed by atoms with Gasteiger partial charge in [-0.3, -0.25) is 14.5 Å². The van der Waals surface area contributed by atoms with Crippen molar-refractivity contribution in [3.05, 3.63) is 46.8 Å². The first-order valence-corrected chi connectivity index (χ1v) is 11.8. The maximum Gasteiger partial charge on any atom is 0.416 e. The number of amides is 2. The van der Waals surface area contributed by atoms with Crippen LogP contribution in [0.3, 0.4) is 0 Å². The van der Waals surface area contributed by atoms with E-state index in [-0.39, 0.29) is 24.1 Å². The molecule has 1 aromatic heterocycles. The molecule has 0 saturated carbocycles. The smallest absolute Gasteiger partial charge is 0.367 e. The highest BCUT2D eigenvalue weighted by Crippen LogP contribution is 2.30. The number of nitrogens with zero attached hydrogens (tertiary/aromatic N) is 3. The summed E-state index contributed by atoms with van der Waals surface area (Å²) in [6.07, 6.45) is -1.69. The maximum absolute atomic E-state index is 12.8. The molecule has 35 heavy (non-hydrogen) atoms. The number of hydrogen-bond donors (Lipinski definition) is 2. The van der Waals surface area contributed by atoms with Gasteiger partial charge in [-0.15, -0.1) is 0 Å². The summed E-state index contributed by atoms with van der Waals surface area (Å²) in [6.45, 7) is 7.05. The number of alkyl halides is 3. The van der Waals surface area contributed by atoms with Gasteiger partial charge in [-0.05, 0) is 51.3 Å². The average molecular weight is 494 g/mol. The van der Waals surface area contributed by atoms with Gasteiger partial charge in [0.15, 0.2) is 5.76 Å². The molecule has 3 heterocycles. The molecule has 0 aliphatic carbocycles. The number of benzene rings is 1. The minimum absolute atomic E-state index is 0.0199. The SMILES string of the molecule is Cc1noc(C)c1N1CCC(N2CC[C@@H](NC(=O)CNC(=O)c3cccc(C(F)(F)F)c3)C2)CC1. The van der Waals surface area contributed by atoms with E-state index in [0.29, 0.717) is 6.04 Å². The van der Waals surface area contributed by atoms with Gasteiger partial charge in [0.05, 0.1) is 12.1 Å². The van der Waals surface area contributed by atoms with Crippen molar-refractivity contribution in [1.29, 1.82) is 0 Å². The van der Waals surface area contributed by atoms with Gasteiger partial charge in [-0.2, -0.15) is 13.2 Å². The topological polar surface area (TPSA) is 90.7 Å². The second-order valence-corrected chi connectivity index (χ2v) is 9.20. The Balaban J connectivity index is 1.20. The van der Waals surface area contributed by atoms with E-state index in [1.54, 1.807) is 0 Å². The second-order valence-electron chi connectivity index (χ2n) is 9.20. The highest BCUT2D eigenvalue weighted by atomic mass is 19.4. The summed E-state index contributed by atoms with van der Waals surface area (Å²) in [5, 5.41) is 9.38. The van der Waals surface area contributed by atoms with E-state index in [9.17, 15) is 22.8 Å². The molecule has 0 radical (unpaired) electrons. The van der Waals surface area contributed by atoms with Crippen LogP contribution in [0.2, 0.25) is 0 Å². The molecule has 2 fully saturated rings. The summed E-state index contributed by atoms with van der Waals surface area (Å²) in [4.78, 5) is 29.3. The normalized spacial score (nSPS) is 19.7. The van der Waals surface area contributed by atoms with Crippen molar-refractivity contribution < 1.29 is 27.3 Å². The van der Waals surface area contributed by atoms with Crippen LogP contribution in [-0.4, -0.2) is 66.7 Å². The monoisotopic (exact) mass is 493 g/mol.